The summed E-state index contributed by atoms with van der Waals surface area (Å²) in [6.07, 6.45) is 0.829. The normalized spacial score (nSPS) is 12.0. The fourth-order valence-electron chi connectivity index (χ4n) is 0.401. The number of hydrogen-bond acceptors (Lipinski definition) is 5. The van der Waals surface area contributed by atoms with Crippen LogP contribution < -0.4 is 9.79 Å². The quantitative estimate of drug-likeness (QED) is 0.410. The van der Waals surface area contributed by atoms with Gasteiger partial charge in [0.1, 0.15) is 0 Å². The molecule has 0 saturated carbocycles. The van der Waals surface area contributed by atoms with Crippen LogP contribution in [0, 0.1) is 5.21 Å². The SMILES string of the molecule is CC(=O)N([O-])C/C=C/P(=O)([O-])[O-]. The zero-order valence-corrected chi connectivity index (χ0v) is 7.19. The maximum absolute atomic E-state index is 10.5. The minimum absolute atomic E-state index is 0.0339. The highest BCUT2D eigenvalue weighted by molar-refractivity contribution is 7.52. The Balaban J connectivity index is 3.92. The molecule has 6 nitrogen and oxygen atoms in total. The molecule has 12 heavy (non-hydrogen) atoms. The van der Waals surface area contributed by atoms with Crippen molar-refractivity contribution in [2.24, 2.45) is 0 Å². The number of hydrogen-bond donors (Lipinski definition) is 0. The molecule has 0 fully saturated rings. The van der Waals surface area contributed by atoms with Crippen molar-refractivity contribution in [1.29, 1.82) is 0 Å². The minimum Gasteiger partial charge on any atom is -0.808 e. The van der Waals surface area contributed by atoms with Crippen LogP contribution in [0.5, 0.6) is 0 Å². The molecule has 0 aliphatic heterocycles. The molecule has 0 aliphatic carbocycles. The molecular formula is C5H7NO5P-3. The number of rotatable bonds is 3. The average molecular weight is 192 g/mol. The molecule has 0 unspecified atom stereocenters. The average Bonchev–Trinajstić information content (AvgIpc) is 1.84. The van der Waals surface area contributed by atoms with Gasteiger partial charge in [-0.05, 0) is 7.60 Å². The molecule has 1 amide bonds. The van der Waals surface area contributed by atoms with Gasteiger partial charge in [-0.15, -0.1) is 0 Å². The number of carbonyl (C=O) groups excluding carboxylic acids is 1. The molecule has 0 aromatic carbocycles. The molecule has 0 spiro atoms. The van der Waals surface area contributed by atoms with Crippen LogP contribution in [-0.2, 0) is 9.36 Å². The molecule has 0 heterocycles. The van der Waals surface area contributed by atoms with Crippen molar-refractivity contribution in [3.05, 3.63) is 17.1 Å². The largest absolute Gasteiger partial charge is 0.808 e. The number of amides is 1. The predicted molar refractivity (Wildman–Crippen MR) is 37.5 cm³/mol. The second kappa shape index (κ2) is 4.37. The van der Waals surface area contributed by atoms with Crippen LogP contribution in [0.25, 0.3) is 0 Å². The van der Waals surface area contributed by atoms with Crippen LogP contribution in [0.1, 0.15) is 6.92 Å². The first-order chi connectivity index (χ1) is 5.33. The lowest BCUT2D eigenvalue weighted by Crippen LogP contribution is -2.21. The lowest BCUT2D eigenvalue weighted by molar-refractivity contribution is -0.308. The molecule has 0 saturated heterocycles. The van der Waals surface area contributed by atoms with Gasteiger partial charge in [-0.25, -0.2) is 0 Å². The summed E-state index contributed by atoms with van der Waals surface area (Å²) in [6, 6.07) is 0. The van der Waals surface area contributed by atoms with E-state index in [1.54, 1.807) is 0 Å². The van der Waals surface area contributed by atoms with E-state index in [9.17, 15) is 24.4 Å². The summed E-state index contributed by atoms with van der Waals surface area (Å²) in [7, 11) is -4.71. The monoisotopic (exact) mass is 192 g/mol. The molecule has 7 heteroatoms. The van der Waals surface area contributed by atoms with Crippen LogP contribution in [-0.4, -0.2) is 17.5 Å². The third kappa shape index (κ3) is 6.06. The van der Waals surface area contributed by atoms with Gasteiger partial charge in [0, 0.05) is 13.5 Å². The highest BCUT2D eigenvalue weighted by atomic mass is 31.2. The highest BCUT2D eigenvalue weighted by Crippen LogP contribution is 2.23. The Labute approximate surface area is 69.2 Å². The van der Waals surface area contributed by atoms with E-state index in [2.05, 4.69) is 0 Å². The third-order valence-corrected chi connectivity index (χ3v) is 1.49. The van der Waals surface area contributed by atoms with E-state index in [4.69, 9.17) is 0 Å². The summed E-state index contributed by atoms with van der Waals surface area (Å²) in [5.41, 5.74) is 0. The van der Waals surface area contributed by atoms with E-state index >= 15 is 0 Å². The van der Waals surface area contributed by atoms with Gasteiger partial charge in [-0.1, -0.05) is 11.9 Å². The van der Waals surface area contributed by atoms with Crippen molar-refractivity contribution >= 4 is 13.5 Å². The van der Waals surface area contributed by atoms with E-state index in [1.807, 2.05) is 0 Å². The van der Waals surface area contributed by atoms with Gasteiger partial charge in [0.05, 0.1) is 0 Å². The Morgan fingerprint density at radius 3 is 2.42 bits per heavy atom. The molecule has 0 aromatic rings. The van der Waals surface area contributed by atoms with Gasteiger partial charge in [0.15, 0.2) is 0 Å². The third-order valence-electron chi connectivity index (χ3n) is 0.910. The smallest absolute Gasteiger partial charge is 0.209 e. The molecule has 0 atom stereocenters. The zero-order chi connectivity index (χ0) is 9.78. The Hall–Kier alpha value is -0.680. The molecule has 0 N–H and O–H groups in total. The van der Waals surface area contributed by atoms with Crippen LogP contribution in [0.3, 0.4) is 0 Å². The maximum atomic E-state index is 10.5. The highest BCUT2D eigenvalue weighted by Gasteiger charge is 1.90. The van der Waals surface area contributed by atoms with Gasteiger partial charge in [-0.2, -0.15) is 0 Å². The van der Waals surface area contributed by atoms with Gasteiger partial charge in [0.25, 0.3) is 0 Å². The van der Waals surface area contributed by atoms with Crippen molar-refractivity contribution in [3.63, 3.8) is 0 Å². The van der Waals surface area contributed by atoms with Gasteiger partial charge in [-0.3, -0.25) is 4.79 Å². The van der Waals surface area contributed by atoms with E-state index in [1.165, 1.54) is 0 Å². The summed E-state index contributed by atoms with van der Waals surface area (Å²) in [5.74, 6) is -0.382. The van der Waals surface area contributed by atoms with E-state index in [0.29, 0.717) is 5.82 Å². The second-order valence-electron chi connectivity index (χ2n) is 2.00. The summed E-state index contributed by atoms with van der Waals surface area (Å²) in [4.78, 5) is 30.2. The first kappa shape index (κ1) is 11.3. The summed E-state index contributed by atoms with van der Waals surface area (Å²) >= 11 is 0. The van der Waals surface area contributed by atoms with Crippen LogP contribution in [0.15, 0.2) is 11.9 Å². The van der Waals surface area contributed by atoms with Crippen molar-refractivity contribution in [2.45, 2.75) is 6.92 Å². The lowest BCUT2D eigenvalue weighted by Gasteiger charge is -2.27. The van der Waals surface area contributed by atoms with Crippen molar-refractivity contribution < 1.29 is 19.1 Å². The molecule has 70 valence electrons. The van der Waals surface area contributed by atoms with Crippen molar-refractivity contribution in [2.75, 3.05) is 6.54 Å². The standard InChI is InChI=1S/C5H9NO5P/c1-5(7)6(8)3-2-4-12(9,10)11/h2,4H,3H2,1H3,(H2,9,10,11)/q-1/p-2/b4-2+. The number of hydroxylamine groups is 2. The topological polar surface area (TPSA) is 107 Å². The Morgan fingerprint density at radius 2 is 2.08 bits per heavy atom. The van der Waals surface area contributed by atoms with Gasteiger partial charge < -0.3 is 24.6 Å². The Morgan fingerprint density at radius 1 is 1.58 bits per heavy atom. The first-order valence-electron chi connectivity index (χ1n) is 2.97. The summed E-state index contributed by atoms with van der Waals surface area (Å²) in [5, 5.41) is 10.5. The molecule has 0 bridgehead atoms. The number of carbonyl (C=O) groups is 1. The Kier molecular flexibility index (Phi) is 4.12. The van der Waals surface area contributed by atoms with E-state index < -0.39 is 20.0 Å². The fraction of sp³-hybridized carbons (Fsp3) is 0.400. The maximum Gasteiger partial charge on any atom is 0.209 e. The molecule has 0 rings (SSSR count). The number of nitrogens with zero attached hydrogens (tertiary/aromatic N) is 1. The molecular weight excluding hydrogens is 185 g/mol. The van der Waals surface area contributed by atoms with Crippen LogP contribution in [0.4, 0.5) is 0 Å². The summed E-state index contributed by atoms with van der Waals surface area (Å²) < 4.78 is 9.96. The minimum atomic E-state index is -4.71. The lowest BCUT2D eigenvalue weighted by atomic mass is 10.6. The fourth-order valence-corrected chi connectivity index (χ4v) is 0.753. The van der Waals surface area contributed by atoms with E-state index in [0.717, 1.165) is 13.0 Å². The molecule has 0 aromatic heterocycles. The van der Waals surface area contributed by atoms with Crippen molar-refractivity contribution in [1.82, 2.24) is 5.06 Å². The van der Waals surface area contributed by atoms with Gasteiger partial charge >= 0.3 is 0 Å². The van der Waals surface area contributed by atoms with Crippen LogP contribution in [0.2, 0.25) is 0 Å². The predicted octanol–water partition coefficient (Wildman–Crippen LogP) is -1.24. The first-order valence-corrected chi connectivity index (χ1v) is 4.59. The van der Waals surface area contributed by atoms with E-state index in [-0.39, 0.29) is 5.06 Å². The Bertz CT molecular complexity index is 232. The van der Waals surface area contributed by atoms with Crippen LogP contribution >= 0.6 is 7.60 Å². The second-order valence-corrected chi connectivity index (χ2v) is 3.38. The van der Waals surface area contributed by atoms with Crippen molar-refractivity contribution in [3.8, 4) is 0 Å². The van der Waals surface area contributed by atoms with Gasteiger partial charge in [0.2, 0.25) is 5.91 Å². The molecule has 0 aliphatic rings. The summed E-state index contributed by atoms with van der Waals surface area (Å²) in [6.45, 7) is 0.610. The zero-order valence-electron chi connectivity index (χ0n) is 6.30. The molecule has 0 radical (unpaired) electrons.